The third-order valence-electron chi connectivity index (χ3n) is 2.98. The summed E-state index contributed by atoms with van der Waals surface area (Å²) in [5, 5.41) is 0. The van der Waals surface area contributed by atoms with Gasteiger partial charge in [-0.25, -0.2) is 0 Å². The van der Waals surface area contributed by atoms with E-state index in [4.69, 9.17) is 0 Å². The predicted octanol–water partition coefficient (Wildman–Crippen LogP) is 4.53. The smallest absolute Gasteiger partial charge is 0.190 e. The molecule has 0 fully saturated rings. The van der Waals surface area contributed by atoms with Gasteiger partial charge in [-0.1, -0.05) is 38.1 Å². The van der Waals surface area contributed by atoms with Crippen molar-refractivity contribution >= 4 is 29.3 Å². The van der Waals surface area contributed by atoms with Gasteiger partial charge in [-0.3, -0.25) is 4.79 Å². The maximum atomic E-state index is 12.5. The van der Waals surface area contributed by atoms with Gasteiger partial charge in [-0.15, -0.1) is 23.5 Å². The quantitative estimate of drug-likeness (QED) is 0.753. The Balaban J connectivity index is 2.37. The molecule has 1 aromatic carbocycles. The average molecular weight is 278 g/mol. The van der Waals surface area contributed by atoms with Gasteiger partial charge >= 0.3 is 0 Å². The van der Waals surface area contributed by atoms with Crippen molar-refractivity contribution < 1.29 is 4.79 Å². The number of benzene rings is 1. The minimum Gasteiger partial charge on any atom is -0.289 e. The Morgan fingerprint density at radius 1 is 1.11 bits per heavy atom. The first kappa shape index (κ1) is 13.8. The van der Waals surface area contributed by atoms with E-state index in [9.17, 15) is 4.79 Å². The Bertz CT molecular complexity index is 469. The van der Waals surface area contributed by atoms with Crippen LogP contribution in [0.1, 0.15) is 36.2 Å². The van der Waals surface area contributed by atoms with Crippen molar-refractivity contribution in [2.75, 3.05) is 11.5 Å². The van der Waals surface area contributed by atoms with Gasteiger partial charge in [-0.05, 0) is 29.9 Å². The van der Waals surface area contributed by atoms with Crippen LogP contribution in [0, 0.1) is 0 Å². The Labute approximate surface area is 117 Å². The molecule has 0 spiro atoms. The number of carbonyl (C=O) groups excluding carboxylic acids is 1. The van der Waals surface area contributed by atoms with Gasteiger partial charge in [0.05, 0.1) is 0 Å². The van der Waals surface area contributed by atoms with Crippen LogP contribution in [0.4, 0.5) is 0 Å². The molecule has 1 aliphatic carbocycles. The third-order valence-corrected chi connectivity index (χ3v) is 5.28. The highest BCUT2D eigenvalue weighted by Crippen LogP contribution is 2.37. The summed E-state index contributed by atoms with van der Waals surface area (Å²) < 4.78 is 1.24. The Morgan fingerprint density at radius 3 is 2.44 bits per heavy atom. The molecule has 0 bridgehead atoms. The van der Waals surface area contributed by atoms with Crippen LogP contribution >= 0.6 is 23.5 Å². The summed E-state index contributed by atoms with van der Waals surface area (Å²) in [6.45, 7) is 4.28. The molecule has 0 radical (unpaired) electrons. The third kappa shape index (κ3) is 2.83. The SMILES string of the molecule is CCSC(SCC)=C1CCc2ccccc2C1=O. The molecule has 18 heavy (non-hydrogen) atoms. The molecule has 0 N–H and O–H groups in total. The monoisotopic (exact) mass is 278 g/mol. The number of fused-ring (bicyclic) bond motifs is 1. The van der Waals surface area contributed by atoms with E-state index in [1.807, 2.05) is 41.7 Å². The first-order valence-corrected chi connectivity index (χ1v) is 8.36. The van der Waals surface area contributed by atoms with E-state index >= 15 is 0 Å². The summed E-state index contributed by atoms with van der Waals surface area (Å²) in [6, 6.07) is 8.01. The van der Waals surface area contributed by atoms with Crippen LogP contribution in [0.2, 0.25) is 0 Å². The lowest BCUT2D eigenvalue weighted by atomic mass is 9.88. The molecule has 1 aromatic rings. The Kier molecular flexibility index (Phi) is 4.95. The van der Waals surface area contributed by atoms with Crippen molar-refractivity contribution in [3.05, 3.63) is 45.2 Å². The van der Waals surface area contributed by atoms with Crippen molar-refractivity contribution in [2.45, 2.75) is 26.7 Å². The van der Waals surface area contributed by atoms with E-state index in [-0.39, 0.29) is 5.78 Å². The van der Waals surface area contributed by atoms with E-state index in [0.29, 0.717) is 0 Å². The first-order chi connectivity index (χ1) is 8.77. The van der Waals surface area contributed by atoms with Gasteiger partial charge in [0, 0.05) is 15.4 Å². The standard InChI is InChI=1S/C15H18OS2/c1-3-17-15(18-4-2)13-10-9-11-7-5-6-8-12(11)14(13)16/h5-8H,3-4,9-10H2,1-2H3. The predicted molar refractivity (Wildman–Crippen MR) is 82.4 cm³/mol. The highest BCUT2D eigenvalue weighted by Gasteiger charge is 2.24. The molecule has 96 valence electrons. The number of allylic oxidation sites excluding steroid dienone is 1. The van der Waals surface area contributed by atoms with Crippen molar-refractivity contribution in [1.29, 1.82) is 0 Å². The van der Waals surface area contributed by atoms with E-state index < -0.39 is 0 Å². The van der Waals surface area contributed by atoms with Gasteiger partial charge in [0.2, 0.25) is 0 Å². The zero-order chi connectivity index (χ0) is 13.0. The van der Waals surface area contributed by atoms with Crippen LogP contribution in [0.15, 0.2) is 34.1 Å². The lowest BCUT2D eigenvalue weighted by molar-refractivity contribution is 0.102. The second kappa shape index (κ2) is 6.48. The van der Waals surface area contributed by atoms with Crippen LogP contribution < -0.4 is 0 Å². The number of hydrogen-bond acceptors (Lipinski definition) is 3. The molecular weight excluding hydrogens is 260 g/mol. The highest BCUT2D eigenvalue weighted by molar-refractivity contribution is 8.22. The zero-order valence-electron chi connectivity index (χ0n) is 10.9. The molecule has 0 aromatic heterocycles. The number of ketones is 1. The lowest BCUT2D eigenvalue weighted by Crippen LogP contribution is -2.15. The maximum Gasteiger partial charge on any atom is 0.190 e. The summed E-state index contributed by atoms with van der Waals surface area (Å²) in [5.41, 5.74) is 3.14. The van der Waals surface area contributed by atoms with Gasteiger partial charge in [0.15, 0.2) is 5.78 Å². The minimum absolute atomic E-state index is 0.244. The molecule has 0 atom stereocenters. The maximum absolute atomic E-state index is 12.5. The van der Waals surface area contributed by atoms with Crippen molar-refractivity contribution in [1.82, 2.24) is 0 Å². The molecule has 0 unspecified atom stereocenters. The summed E-state index contributed by atoms with van der Waals surface area (Å²) in [4.78, 5) is 12.5. The minimum atomic E-state index is 0.244. The average Bonchev–Trinajstić information content (AvgIpc) is 2.39. The molecule has 1 aliphatic rings. The fourth-order valence-electron chi connectivity index (χ4n) is 2.17. The van der Waals surface area contributed by atoms with Gasteiger partial charge in [0.25, 0.3) is 0 Å². The van der Waals surface area contributed by atoms with Gasteiger partial charge in [-0.2, -0.15) is 0 Å². The number of thioether (sulfide) groups is 2. The Hall–Kier alpha value is -0.670. The molecule has 0 saturated heterocycles. The molecule has 0 amide bonds. The van der Waals surface area contributed by atoms with E-state index in [1.165, 1.54) is 9.80 Å². The largest absolute Gasteiger partial charge is 0.289 e. The van der Waals surface area contributed by atoms with Gasteiger partial charge < -0.3 is 0 Å². The van der Waals surface area contributed by atoms with Gasteiger partial charge in [0.1, 0.15) is 0 Å². The number of hydrogen-bond donors (Lipinski definition) is 0. The van der Waals surface area contributed by atoms with Crippen molar-refractivity contribution in [3.8, 4) is 0 Å². The molecule has 1 nitrogen and oxygen atoms in total. The molecule has 0 aliphatic heterocycles. The van der Waals surface area contributed by atoms with Crippen LogP contribution in [0.5, 0.6) is 0 Å². The second-order valence-corrected chi connectivity index (χ2v) is 6.93. The molecule has 0 saturated carbocycles. The summed E-state index contributed by atoms with van der Waals surface area (Å²) in [5.74, 6) is 2.30. The van der Waals surface area contributed by atoms with Crippen LogP contribution in [0.25, 0.3) is 0 Å². The topological polar surface area (TPSA) is 17.1 Å². The first-order valence-electron chi connectivity index (χ1n) is 6.39. The number of Topliss-reactive ketones (excluding diaryl/α,β-unsaturated/α-hetero) is 1. The highest BCUT2D eigenvalue weighted by atomic mass is 32.2. The number of rotatable bonds is 4. The van der Waals surface area contributed by atoms with E-state index in [2.05, 4.69) is 19.9 Å². The number of aryl methyl sites for hydroxylation is 1. The zero-order valence-corrected chi connectivity index (χ0v) is 12.5. The summed E-state index contributed by atoms with van der Waals surface area (Å²) >= 11 is 3.62. The molecule has 3 heteroatoms. The second-order valence-electron chi connectivity index (χ2n) is 4.12. The normalized spacial score (nSPS) is 14.6. The van der Waals surface area contributed by atoms with Crippen LogP contribution in [-0.4, -0.2) is 17.3 Å². The van der Waals surface area contributed by atoms with E-state index in [0.717, 1.165) is 35.5 Å². The molecule has 0 heterocycles. The Morgan fingerprint density at radius 2 is 1.78 bits per heavy atom. The summed E-state index contributed by atoms with van der Waals surface area (Å²) in [7, 11) is 0. The fourth-order valence-corrected chi connectivity index (χ4v) is 4.47. The number of carbonyl (C=O) groups is 1. The van der Waals surface area contributed by atoms with Crippen molar-refractivity contribution in [3.63, 3.8) is 0 Å². The molecule has 2 rings (SSSR count). The lowest BCUT2D eigenvalue weighted by Gasteiger charge is -2.20. The van der Waals surface area contributed by atoms with Crippen molar-refractivity contribution in [2.24, 2.45) is 0 Å². The van der Waals surface area contributed by atoms with Crippen LogP contribution in [0.3, 0.4) is 0 Å². The summed E-state index contributed by atoms with van der Waals surface area (Å²) in [6.07, 6.45) is 1.89. The molecular formula is C15H18OS2. The fraction of sp³-hybridized carbons (Fsp3) is 0.400. The van der Waals surface area contributed by atoms with E-state index in [1.54, 1.807) is 0 Å². The van der Waals surface area contributed by atoms with Crippen LogP contribution in [-0.2, 0) is 6.42 Å².